The maximum absolute atomic E-state index is 13.1. The molecule has 0 aliphatic carbocycles. The van der Waals surface area contributed by atoms with Gasteiger partial charge in [0.25, 0.3) is 11.5 Å². The van der Waals surface area contributed by atoms with Gasteiger partial charge in [-0.15, -0.1) is 0 Å². The van der Waals surface area contributed by atoms with E-state index in [4.69, 9.17) is 17.0 Å². The second kappa shape index (κ2) is 8.25. The second-order valence-electron chi connectivity index (χ2n) is 7.33. The molecule has 0 bridgehead atoms. The molecule has 0 radical (unpaired) electrons. The molecule has 4 heterocycles. The van der Waals surface area contributed by atoms with Crippen LogP contribution < -0.4 is 10.9 Å². The molecule has 0 aromatic carbocycles. The summed E-state index contributed by atoms with van der Waals surface area (Å²) in [5, 5.41) is 3.22. The van der Waals surface area contributed by atoms with E-state index < -0.39 is 0 Å². The van der Waals surface area contributed by atoms with Crippen molar-refractivity contribution in [3.8, 4) is 0 Å². The number of pyridine rings is 1. The molecule has 2 aromatic rings. The van der Waals surface area contributed by atoms with E-state index in [0.717, 1.165) is 19.4 Å². The number of rotatable bonds is 5. The lowest BCUT2D eigenvalue weighted by Crippen LogP contribution is -2.35. The standard InChI is InChI=1S/C20H22N4O3S2/c1-12(2)21-17-14(18(25)23-8-4-3-7-16(23)22-17)10-15-19(26)24(20(28)29-15)11-13-6-5-9-27-13/h3-4,7-8,10,12-13,21H,5-6,9,11H2,1-2H3/b15-10+/t13-/m1/s1. The van der Waals surface area contributed by atoms with E-state index in [1.807, 2.05) is 19.9 Å². The van der Waals surface area contributed by atoms with Gasteiger partial charge in [-0.3, -0.25) is 18.9 Å². The highest BCUT2D eigenvalue weighted by molar-refractivity contribution is 8.26. The van der Waals surface area contributed by atoms with Crippen LogP contribution in [0.2, 0.25) is 0 Å². The van der Waals surface area contributed by atoms with Gasteiger partial charge < -0.3 is 10.1 Å². The van der Waals surface area contributed by atoms with Gasteiger partial charge in [0.05, 0.1) is 23.1 Å². The Morgan fingerprint density at radius 3 is 2.97 bits per heavy atom. The summed E-state index contributed by atoms with van der Waals surface area (Å²) in [5.74, 6) is 0.268. The third-order valence-corrected chi connectivity index (χ3v) is 6.13. The predicted molar refractivity (Wildman–Crippen MR) is 119 cm³/mol. The van der Waals surface area contributed by atoms with Gasteiger partial charge in [-0.25, -0.2) is 4.98 Å². The highest BCUT2D eigenvalue weighted by atomic mass is 32.2. The average Bonchev–Trinajstić information content (AvgIpc) is 3.28. The molecule has 0 spiro atoms. The van der Waals surface area contributed by atoms with Crippen LogP contribution >= 0.6 is 24.0 Å². The maximum atomic E-state index is 13.1. The normalized spacial score (nSPS) is 21.1. The van der Waals surface area contributed by atoms with Gasteiger partial charge in [0.15, 0.2) is 0 Å². The van der Waals surface area contributed by atoms with Crippen molar-refractivity contribution < 1.29 is 9.53 Å². The Bertz CT molecular complexity index is 1060. The van der Waals surface area contributed by atoms with E-state index in [9.17, 15) is 9.59 Å². The van der Waals surface area contributed by atoms with Gasteiger partial charge >= 0.3 is 0 Å². The van der Waals surface area contributed by atoms with Crippen molar-refractivity contribution >= 4 is 51.7 Å². The van der Waals surface area contributed by atoms with Gasteiger partial charge in [0.1, 0.15) is 15.8 Å². The topological polar surface area (TPSA) is 75.9 Å². The third-order valence-electron chi connectivity index (χ3n) is 4.75. The summed E-state index contributed by atoms with van der Waals surface area (Å²) in [6.07, 6.45) is 5.22. The number of carbonyl (C=O) groups is 1. The van der Waals surface area contributed by atoms with Gasteiger partial charge in [0.2, 0.25) is 0 Å². The number of hydrogen-bond donors (Lipinski definition) is 1. The largest absolute Gasteiger partial charge is 0.376 e. The number of nitrogens with zero attached hydrogens (tertiary/aromatic N) is 3. The maximum Gasteiger partial charge on any atom is 0.267 e. The summed E-state index contributed by atoms with van der Waals surface area (Å²) < 4.78 is 7.61. The molecule has 1 amide bonds. The Hall–Kier alpha value is -2.23. The minimum atomic E-state index is -0.233. The Morgan fingerprint density at radius 1 is 1.41 bits per heavy atom. The fourth-order valence-electron chi connectivity index (χ4n) is 3.40. The summed E-state index contributed by atoms with van der Waals surface area (Å²) in [7, 11) is 0. The number of amides is 1. The van der Waals surface area contributed by atoms with Crippen molar-refractivity contribution in [1.82, 2.24) is 14.3 Å². The number of hydrogen-bond acceptors (Lipinski definition) is 7. The average molecular weight is 431 g/mol. The summed E-state index contributed by atoms with van der Waals surface area (Å²) in [4.78, 5) is 32.7. The summed E-state index contributed by atoms with van der Waals surface area (Å²) in [6.45, 7) is 5.12. The van der Waals surface area contributed by atoms with Crippen LogP contribution in [0.4, 0.5) is 5.82 Å². The first-order valence-electron chi connectivity index (χ1n) is 9.59. The Balaban J connectivity index is 1.73. The van der Waals surface area contributed by atoms with Crippen molar-refractivity contribution in [2.75, 3.05) is 18.5 Å². The highest BCUT2D eigenvalue weighted by Crippen LogP contribution is 2.34. The molecule has 7 nitrogen and oxygen atoms in total. The lowest BCUT2D eigenvalue weighted by molar-refractivity contribution is -0.123. The fourth-order valence-corrected chi connectivity index (χ4v) is 4.65. The van der Waals surface area contributed by atoms with E-state index in [1.54, 1.807) is 29.3 Å². The molecule has 152 valence electrons. The first-order valence-corrected chi connectivity index (χ1v) is 10.8. The van der Waals surface area contributed by atoms with E-state index in [0.29, 0.717) is 32.8 Å². The molecule has 2 aromatic heterocycles. The van der Waals surface area contributed by atoms with E-state index in [2.05, 4.69) is 10.3 Å². The van der Waals surface area contributed by atoms with Crippen molar-refractivity contribution in [3.05, 3.63) is 45.2 Å². The summed E-state index contributed by atoms with van der Waals surface area (Å²) in [6, 6.07) is 5.46. The van der Waals surface area contributed by atoms with Crippen LogP contribution in [0.25, 0.3) is 11.7 Å². The summed E-state index contributed by atoms with van der Waals surface area (Å²) >= 11 is 6.63. The van der Waals surface area contributed by atoms with Gasteiger partial charge in [0, 0.05) is 18.8 Å². The monoisotopic (exact) mass is 430 g/mol. The molecule has 1 N–H and O–H groups in total. The van der Waals surface area contributed by atoms with E-state index in [-0.39, 0.29) is 23.6 Å². The Kier molecular flexibility index (Phi) is 5.71. The van der Waals surface area contributed by atoms with Crippen molar-refractivity contribution in [1.29, 1.82) is 0 Å². The lowest BCUT2D eigenvalue weighted by atomic mass is 10.2. The number of ether oxygens (including phenoxy) is 1. The molecule has 0 saturated carbocycles. The number of nitrogens with one attached hydrogen (secondary N) is 1. The zero-order chi connectivity index (χ0) is 20.5. The number of aromatic nitrogens is 2. The lowest BCUT2D eigenvalue weighted by Gasteiger charge is -2.18. The highest BCUT2D eigenvalue weighted by Gasteiger charge is 2.35. The van der Waals surface area contributed by atoms with Crippen LogP contribution in [-0.4, -0.2) is 49.8 Å². The fraction of sp³-hybridized carbons (Fsp3) is 0.400. The number of thiocarbonyl (C=S) groups is 1. The van der Waals surface area contributed by atoms with Crippen molar-refractivity contribution in [2.45, 2.75) is 38.8 Å². The molecule has 2 saturated heterocycles. The first-order chi connectivity index (χ1) is 13.9. The van der Waals surface area contributed by atoms with E-state index in [1.165, 1.54) is 16.2 Å². The number of anilines is 1. The zero-order valence-corrected chi connectivity index (χ0v) is 17.9. The molecular formula is C20H22N4O3S2. The van der Waals surface area contributed by atoms with Crippen LogP contribution in [0.15, 0.2) is 34.1 Å². The van der Waals surface area contributed by atoms with Crippen LogP contribution in [0.1, 0.15) is 32.3 Å². The van der Waals surface area contributed by atoms with Crippen LogP contribution in [0, 0.1) is 0 Å². The molecule has 29 heavy (non-hydrogen) atoms. The Labute approximate surface area is 178 Å². The first kappa shape index (κ1) is 20.1. The molecule has 9 heteroatoms. The van der Waals surface area contributed by atoms with Crippen LogP contribution in [0.5, 0.6) is 0 Å². The van der Waals surface area contributed by atoms with Gasteiger partial charge in [-0.05, 0) is 44.9 Å². The Morgan fingerprint density at radius 2 is 2.24 bits per heavy atom. The quantitative estimate of drug-likeness (QED) is 0.577. The summed E-state index contributed by atoms with van der Waals surface area (Å²) in [5.41, 5.74) is 0.659. The molecule has 0 unspecified atom stereocenters. The van der Waals surface area contributed by atoms with Crippen LogP contribution in [0.3, 0.4) is 0 Å². The molecule has 4 rings (SSSR count). The zero-order valence-electron chi connectivity index (χ0n) is 16.3. The number of fused-ring (bicyclic) bond motifs is 1. The molecule has 2 fully saturated rings. The molecular weight excluding hydrogens is 408 g/mol. The van der Waals surface area contributed by atoms with E-state index >= 15 is 0 Å². The van der Waals surface area contributed by atoms with Gasteiger partial charge in [-0.2, -0.15) is 0 Å². The van der Waals surface area contributed by atoms with Gasteiger partial charge in [-0.1, -0.05) is 30.0 Å². The second-order valence-corrected chi connectivity index (χ2v) is 9.01. The SMILES string of the molecule is CC(C)Nc1nc2ccccn2c(=O)c1/C=C1/SC(=S)N(C[C@H]2CCCO2)C1=O. The molecule has 2 aliphatic heterocycles. The van der Waals surface area contributed by atoms with Crippen molar-refractivity contribution in [3.63, 3.8) is 0 Å². The number of thioether (sulfide) groups is 1. The van der Waals surface area contributed by atoms with Crippen molar-refractivity contribution in [2.24, 2.45) is 0 Å². The number of carbonyl (C=O) groups excluding carboxylic acids is 1. The molecule has 1 atom stereocenters. The predicted octanol–water partition coefficient (Wildman–Crippen LogP) is 2.90. The smallest absolute Gasteiger partial charge is 0.267 e. The minimum Gasteiger partial charge on any atom is -0.376 e. The molecule has 2 aliphatic rings. The van der Waals surface area contributed by atoms with Crippen LogP contribution in [-0.2, 0) is 9.53 Å². The third kappa shape index (κ3) is 4.08. The minimum absolute atomic E-state index is 0.0166.